The van der Waals surface area contributed by atoms with Crippen LogP contribution in [0.5, 0.6) is 0 Å². The number of aromatic nitrogens is 2. The summed E-state index contributed by atoms with van der Waals surface area (Å²) in [5, 5.41) is 0.333. The van der Waals surface area contributed by atoms with Crippen LogP contribution in [0.3, 0.4) is 0 Å². The molecule has 8 heteroatoms. The molecule has 0 aliphatic heterocycles. The molecule has 0 aliphatic rings. The molecule has 0 bridgehead atoms. The zero-order valence-electron chi connectivity index (χ0n) is 15.7. The van der Waals surface area contributed by atoms with E-state index in [0.29, 0.717) is 39.1 Å². The van der Waals surface area contributed by atoms with E-state index in [1.54, 1.807) is 32.9 Å². The highest BCUT2D eigenvalue weighted by Gasteiger charge is 2.23. The van der Waals surface area contributed by atoms with Crippen LogP contribution in [-0.2, 0) is 4.74 Å². The Kier molecular flexibility index (Phi) is 5.99. The number of esters is 1. The molecule has 0 radical (unpaired) electrons. The van der Waals surface area contributed by atoms with Crippen LogP contribution in [0.25, 0.3) is 11.3 Å². The molecule has 3 aromatic rings. The highest BCUT2D eigenvalue weighted by molar-refractivity contribution is 7.99. The second kappa shape index (κ2) is 8.43. The van der Waals surface area contributed by atoms with Crippen LogP contribution < -0.4 is 0 Å². The lowest BCUT2D eigenvalue weighted by Gasteiger charge is -2.02. The molecular formula is C20H19FN2O4S. The molecule has 0 aliphatic carbocycles. The maximum atomic E-state index is 13.0. The van der Waals surface area contributed by atoms with Crippen LogP contribution in [0.15, 0.2) is 40.1 Å². The number of carbonyl (C=O) groups is 2. The third-order valence-corrected chi connectivity index (χ3v) is 4.98. The largest absolute Gasteiger partial charge is 0.462 e. The van der Waals surface area contributed by atoms with Gasteiger partial charge in [0, 0.05) is 11.3 Å². The number of H-pyrrole nitrogens is 1. The summed E-state index contributed by atoms with van der Waals surface area (Å²) < 4.78 is 23.7. The maximum absolute atomic E-state index is 13.0. The van der Waals surface area contributed by atoms with E-state index in [-0.39, 0.29) is 24.0 Å². The zero-order valence-corrected chi connectivity index (χ0v) is 16.5. The van der Waals surface area contributed by atoms with Crippen molar-refractivity contribution in [3.8, 4) is 11.3 Å². The summed E-state index contributed by atoms with van der Waals surface area (Å²) in [5.74, 6) is -0.375. The third-order valence-electron chi connectivity index (χ3n) is 4.14. The number of hydrogen-bond donors (Lipinski definition) is 1. The van der Waals surface area contributed by atoms with Gasteiger partial charge in [0.2, 0.25) is 0 Å². The van der Waals surface area contributed by atoms with Crippen molar-refractivity contribution < 1.29 is 23.1 Å². The lowest BCUT2D eigenvalue weighted by Crippen LogP contribution is -2.08. The van der Waals surface area contributed by atoms with Crippen molar-refractivity contribution in [2.45, 2.75) is 26.0 Å². The van der Waals surface area contributed by atoms with Gasteiger partial charge in [-0.25, -0.2) is 14.2 Å². The highest BCUT2D eigenvalue weighted by Crippen LogP contribution is 2.27. The van der Waals surface area contributed by atoms with Gasteiger partial charge in [-0.05, 0) is 50.6 Å². The van der Waals surface area contributed by atoms with Crippen LogP contribution >= 0.6 is 11.8 Å². The Labute approximate surface area is 165 Å². The fourth-order valence-electron chi connectivity index (χ4n) is 2.81. The summed E-state index contributed by atoms with van der Waals surface area (Å²) in [6.45, 7) is 5.44. The van der Waals surface area contributed by atoms with Crippen molar-refractivity contribution in [2.75, 3.05) is 12.4 Å². The summed E-state index contributed by atoms with van der Waals surface area (Å²) in [7, 11) is 0. The van der Waals surface area contributed by atoms with Gasteiger partial charge >= 0.3 is 5.97 Å². The number of aromatic amines is 1. The summed E-state index contributed by atoms with van der Waals surface area (Å²) >= 11 is 1.15. The van der Waals surface area contributed by atoms with Gasteiger partial charge in [-0.2, -0.15) is 0 Å². The highest BCUT2D eigenvalue weighted by atomic mass is 32.2. The minimum atomic E-state index is -0.447. The number of hydrogen-bond acceptors (Lipinski definition) is 6. The van der Waals surface area contributed by atoms with Crippen LogP contribution in [0.4, 0.5) is 4.39 Å². The quantitative estimate of drug-likeness (QED) is 0.354. The Morgan fingerprint density at radius 3 is 2.64 bits per heavy atom. The van der Waals surface area contributed by atoms with Crippen molar-refractivity contribution in [1.82, 2.24) is 9.97 Å². The second-order valence-corrected chi connectivity index (χ2v) is 6.98. The number of halogens is 1. The van der Waals surface area contributed by atoms with E-state index in [9.17, 15) is 14.0 Å². The topological polar surface area (TPSA) is 85.2 Å². The van der Waals surface area contributed by atoms with Gasteiger partial charge in [0.25, 0.3) is 5.22 Å². The van der Waals surface area contributed by atoms with Crippen LogP contribution in [0, 0.1) is 19.7 Å². The molecule has 28 heavy (non-hydrogen) atoms. The molecule has 0 atom stereocenters. The molecule has 6 nitrogen and oxygen atoms in total. The molecule has 1 N–H and O–H groups in total. The van der Waals surface area contributed by atoms with Gasteiger partial charge in [0.15, 0.2) is 11.5 Å². The average molecular weight is 402 g/mol. The van der Waals surface area contributed by atoms with E-state index in [1.165, 1.54) is 18.3 Å². The minimum absolute atomic E-state index is 0.0897. The second-order valence-electron chi connectivity index (χ2n) is 6.05. The number of carbonyl (C=O) groups excluding carboxylic acids is 2. The molecular weight excluding hydrogens is 383 g/mol. The summed E-state index contributed by atoms with van der Waals surface area (Å²) in [6, 6.07) is 5.87. The van der Waals surface area contributed by atoms with Gasteiger partial charge in [-0.1, -0.05) is 11.8 Å². The monoisotopic (exact) mass is 402 g/mol. The number of aryl methyl sites for hydroxylation is 1. The number of Topliss-reactive ketones (excluding diaryl/α,β-unsaturated/α-hetero) is 1. The molecule has 0 saturated heterocycles. The number of thioether (sulfide) groups is 1. The van der Waals surface area contributed by atoms with Gasteiger partial charge in [0.1, 0.15) is 5.82 Å². The number of ketones is 1. The van der Waals surface area contributed by atoms with Gasteiger partial charge < -0.3 is 14.1 Å². The number of ether oxygens (including phenoxy) is 1. The first kappa shape index (κ1) is 19.9. The van der Waals surface area contributed by atoms with Crippen molar-refractivity contribution >= 4 is 23.5 Å². The molecule has 1 aromatic carbocycles. The van der Waals surface area contributed by atoms with E-state index < -0.39 is 5.97 Å². The first-order valence-corrected chi connectivity index (χ1v) is 9.63. The normalized spacial score (nSPS) is 10.9. The summed E-state index contributed by atoms with van der Waals surface area (Å²) in [5.41, 5.74) is 2.63. The Hall–Kier alpha value is -2.87. The first-order chi connectivity index (χ1) is 13.4. The van der Waals surface area contributed by atoms with Crippen molar-refractivity contribution in [1.29, 1.82) is 0 Å². The molecule has 2 aromatic heterocycles. The summed E-state index contributed by atoms with van der Waals surface area (Å²) in [4.78, 5) is 31.8. The maximum Gasteiger partial charge on any atom is 0.340 e. The third kappa shape index (κ3) is 4.17. The Bertz CT molecular complexity index is 1010. The molecule has 0 spiro atoms. The Morgan fingerprint density at radius 2 is 1.96 bits per heavy atom. The molecule has 146 valence electrons. The lowest BCUT2D eigenvalue weighted by molar-refractivity contribution is 0.0525. The Balaban J connectivity index is 1.69. The molecule has 2 heterocycles. The molecule has 0 fully saturated rings. The van der Waals surface area contributed by atoms with E-state index in [4.69, 9.17) is 9.15 Å². The van der Waals surface area contributed by atoms with Crippen molar-refractivity contribution in [3.63, 3.8) is 0 Å². The van der Waals surface area contributed by atoms with Gasteiger partial charge in [0.05, 0.1) is 29.8 Å². The number of nitrogens with one attached hydrogen (secondary N) is 1. The molecule has 0 amide bonds. The average Bonchev–Trinajstić information content (AvgIpc) is 3.25. The van der Waals surface area contributed by atoms with E-state index in [1.807, 2.05) is 0 Å². The van der Waals surface area contributed by atoms with Gasteiger partial charge in [-0.3, -0.25) is 4.79 Å². The van der Waals surface area contributed by atoms with Crippen LogP contribution in [0.1, 0.15) is 39.0 Å². The van der Waals surface area contributed by atoms with Crippen molar-refractivity contribution in [2.24, 2.45) is 0 Å². The smallest absolute Gasteiger partial charge is 0.340 e. The minimum Gasteiger partial charge on any atom is -0.462 e. The van der Waals surface area contributed by atoms with E-state index >= 15 is 0 Å². The first-order valence-electron chi connectivity index (χ1n) is 8.64. The molecule has 3 rings (SSSR count). The zero-order chi connectivity index (χ0) is 20.3. The van der Waals surface area contributed by atoms with E-state index in [0.717, 1.165) is 11.8 Å². The fraction of sp³-hybridized carbons (Fsp3) is 0.250. The van der Waals surface area contributed by atoms with Crippen LogP contribution in [0.2, 0.25) is 0 Å². The summed E-state index contributed by atoms with van der Waals surface area (Å²) in [6.07, 6.45) is 1.53. The Morgan fingerprint density at radius 1 is 1.25 bits per heavy atom. The van der Waals surface area contributed by atoms with Crippen molar-refractivity contribution in [3.05, 3.63) is 58.8 Å². The number of benzene rings is 1. The number of oxazole rings is 1. The number of nitrogens with zero attached hydrogens (tertiary/aromatic N) is 1. The molecule has 0 unspecified atom stereocenters. The fourth-order valence-corrected chi connectivity index (χ4v) is 3.49. The predicted octanol–water partition coefficient (Wildman–Crippen LogP) is 4.58. The van der Waals surface area contributed by atoms with E-state index in [2.05, 4.69) is 9.97 Å². The predicted molar refractivity (Wildman–Crippen MR) is 103 cm³/mol. The molecule has 0 saturated carbocycles. The number of rotatable bonds is 7. The van der Waals surface area contributed by atoms with Gasteiger partial charge in [-0.15, -0.1) is 0 Å². The van der Waals surface area contributed by atoms with Crippen LogP contribution in [-0.4, -0.2) is 34.1 Å². The lowest BCUT2D eigenvalue weighted by atomic mass is 10.1. The standard InChI is InChI=1S/C20H19FN2O4S/c1-4-26-19(25)17-11(2)18(23-12(17)3)15(24)10-28-20-22-9-16(27-20)13-5-7-14(21)8-6-13/h5-9,23H,4,10H2,1-3H3. The SMILES string of the molecule is CCOC(=O)c1c(C)[nH]c(C(=O)CSc2ncc(-c3ccc(F)cc3)o2)c1C.